The van der Waals surface area contributed by atoms with Crippen molar-refractivity contribution in [3.63, 3.8) is 0 Å². The van der Waals surface area contributed by atoms with Crippen LogP contribution in [0.25, 0.3) is 10.2 Å². The number of hydrogen-bond acceptors (Lipinski definition) is 4. The molecule has 0 fully saturated rings. The van der Waals surface area contributed by atoms with Gasteiger partial charge in [0.2, 0.25) is 5.91 Å². The van der Waals surface area contributed by atoms with E-state index in [2.05, 4.69) is 21.5 Å². The van der Waals surface area contributed by atoms with Gasteiger partial charge in [-0.2, -0.15) is 5.10 Å². The van der Waals surface area contributed by atoms with Crippen LogP contribution >= 0.6 is 11.3 Å². The van der Waals surface area contributed by atoms with Gasteiger partial charge in [0.25, 0.3) is 0 Å². The maximum absolute atomic E-state index is 12.0. The third-order valence-corrected chi connectivity index (χ3v) is 4.05. The van der Waals surface area contributed by atoms with Gasteiger partial charge >= 0.3 is 0 Å². The Morgan fingerprint density at radius 1 is 1.33 bits per heavy atom. The molecule has 0 radical (unpaired) electrons. The van der Waals surface area contributed by atoms with Gasteiger partial charge < -0.3 is 5.32 Å². The number of rotatable bonds is 4. The smallest absolute Gasteiger partial charge is 0.228 e. The Labute approximate surface area is 126 Å². The lowest BCUT2D eigenvalue weighted by molar-refractivity contribution is -0.116. The Bertz CT molecular complexity index is 790. The van der Waals surface area contributed by atoms with Crippen LogP contribution in [0.1, 0.15) is 17.5 Å². The molecule has 6 heteroatoms. The standard InChI is InChI=1S/C15H16N4OS/c1-10-3-4-12-13(7-10)21-15(17-12)18-14(20)5-6-19-9-11(2)8-16-19/h3-4,7-9H,5-6H2,1-2H3,(H,17,18,20). The normalized spacial score (nSPS) is 11.0. The Morgan fingerprint density at radius 2 is 2.19 bits per heavy atom. The predicted octanol–water partition coefficient (Wildman–Crippen LogP) is 3.14. The van der Waals surface area contributed by atoms with E-state index < -0.39 is 0 Å². The van der Waals surface area contributed by atoms with Gasteiger partial charge in [-0.15, -0.1) is 0 Å². The van der Waals surface area contributed by atoms with Crippen molar-refractivity contribution in [3.05, 3.63) is 41.7 Å². The van der Waals surface area contributed by atoms with Gasteiger partial charge in [0.1, 0.15) is 0 Å². The highest BCUT2D eigenvalue weighted by atomic mass is 32.1. The maximum Gasteiger partial charge on any atom is 0.228 e. The van der Waals surface area contributed by atoms with Crippen LogP contribution in [0.15, 0.2) is 30.6 Å². The quantitative estimate of drug-likeness (QED) is 0.805. The van der Waals surface area contributed by atoms with Crippen molar-refractivity contribution in [2.75, 3.05) is 5.32 Å². The number of aromatic nitrogens is 3. The lowest BCUT2D eigenvalue weighted by atomic mass is 10.2. The summed E-state index contributed by atoms with van der Waals surface area (Å²) in [6, 6.07) is 6.08. The van der Waals surface area contributed by atoms with Crippen molar-refractivity contribution in [1.29, 1.82) is 0 Å². The second kappa shape index (κ2) is 5.65. The fourth-order valence-electron chi connectivity index (χ4n) is 2.07. The lowest BCUT2D eigenvalue weighted by Crippen LogP contribution is -2.14. The SMILES string of the molecule is Cc1ccc2nc(NC(=O)CCn3cc(C)cn3)sc2c1. The van der Waals surface area contributed by atoms with Crippen LogP contribution in [0.4, 0.5) is 5.13 Å². The molecule has 3 rings (SSSR count). The number of carbonyl (C=O) groups excluding carboxylic acids is 1. The summed E-state index contributed by atoms with van der Waals surface area (Å²) in [5, 5.41) is 7.67. The average Bonchev–Trinajstić information content (AvgIpc) is 3.01. The number of nitrogens with one attached hydrogen (secondary N) is 1. The first-order valence-electron chi connectivity index (χ1n) is 6.76. The van der Waals surface area contributed by atoms with Gasteiger partial charge in [0, 0.05) is 19.2 Å². The number of thiazole rings is 1. The van der Waals surface area contributed by atoms with E-state index in [1.807, 2.05) is 32.2 Å². The van der Waals surface area contributed by atoms with Crippen molar-refractivity contribution >= 4 is 32.6 Å². The molecular formula is C15H16N4OS. The molecular weight excluding hydrogens is 284 g/mol. The van der Waals surface area contributed by atoms with Crippen LogP contribution in [0.2, 0.25) is 0 Å². The summed E-state index contributed by atoms with van der Waals surface area (Å²) < 4.78 is 2.87. The minimum absolute atomic E-state index is 0.0427. The van der Waals surface area contributed by atoms with E-state index in [0.29, 0.717) is 18.1 Å². The van der Waals surface area contributed by atoms with Gasteiger partial charge in [-0.1, -0.05) is 17.4 Å². The van der Waals surface area contributed by atoms with Crippen molar-refractivity contribution in [2.45, 2.75) is 26.8 Å². The lowest BCUT2D eigenvalue weighted by Gasteiger charge is -2.01. The van der Waals surface area contributed by atoms with Gasteiger partial charge in [-0.3, -0.25) is 9.48 Å². The van der Waals surface area contributed by atoms with Crippen LogP contribution in [0.3, 0.4) is 0 Å². The monoisotopic (exact) mass is 300 g/mol. The first-order chi connectivity index (χ1) is 10.1. The number of hydrogen-bond donors (Lipinski definition) is 1. The summed E-state index contributed by atoms with van der Waals surface area (Å²) in [5.74, 6) is -0.0427. The third kappa shape index (κ3) is 3.28. The van der Waals surface area contributed by atoms with E-state index in [9.17, 15) is 4.79 Å². The number of amides is 1. The molecule has 2 aromatic heterocycles. The van der Waals surface area contributed by atoms with Gasteiger partial charge in [0.05, 0.1) is 16.4 Å². The highest BCUT2D eigenvalue weighted by Crippen LogP contribution is 2.26. The molecule has 1 N–H and O–H groups in total. The molecule has 0 unspecified atom stereocenters. The molecule has 0 aliphatic rings. The molecule has 1 amide bonds. The van der Waals surface area contributed by atoms with E-state index in [-0.39, 0.29) is 5.91 Å². The van der Waals surface area contributed by atoms with Crippen LogP contribution in [0.5, 0.6) is 0 Å². The van der Waals surface area contributed by atoms with Crippen molar-refractivity contribution in [1.82, 2.24) is 14.8 Å². The summed E-state index contributed by atoms with van der Waals surface area (Å²) >= 11 is 1.50. The summed E-state index contributed by atoms with van der Waals surface area (Å²) in [5.41, 5.74) is 3.21. The molecule has 0 atom stereocenters. The molecule has 1 aromatic carbocycles. The second-order valence-corrected chi connectivity index (χ2v) is 6.10. The average molecular weight is 300 g/mol. The Balaban J connectivity index is 1.63. The molecule has 0 bridgehead atoms. The minimum atomic E-state index is -0.0427. The highest BCUT2D eigenvalue weighted by Gasteiger charge is 2.08. The zero-order chi connectivity index (χ0) is 14.8. The van der Waals surface area contributed by atoms with E-state index >= 15 is 0 Å². The topological polar surface area (TPSA) is 59.8 Å². The molecule has 0 spiro atoms. The maximum atomic E-state index is 12.0. The number of aryl methyl sites for hydroxylation is 3. The minimum Gasteiger partial charge on any atom is -0.302 e. The Hall–Kier alpha value is -2.21. The number of anilines is 1. The largest absolute Gasteiger partial charge is 0.302 e. The second-order valence-electron chi connectivity index (χ2n) is 5.07. The molecule has 0 aliphatic carbocycles. The van der Waals surface area contributed by atoms with E-state index in [1.54, 1.807) is 10.9 Å². The summed E-state index contributed by atoms with van der Waals surface area (Å²) in [7, 11) is 0. The zero-order valence-corrected chi connectivity index (χ0v) is 12.8. The third-order valence-electron chi connectivity index (χ3n) is 3.12. The van der Waals surface area contributed by atoms with E-state index in [0.717, 1.165) is 15.8 Å². The fourth-order valence-corrected chi connectivity index (χ4v) is 3.05. The van der Waals surface area contributed by atoms with Crippen molar-refractivity contribution in [2.24, 2.45) is 0 Å². The molecule has 0 saturated carbocycles. The molecule has 0 aliphatic heterocycles. The molecule has 2 heterocycles. The highest BCUT2D eigenvalue weighted by molar-refractivity contribution is 7.22. The molecule has 0 saturated heterocycles. The van der Waals surface area contributed by atoms with Gasteiger partial charge in [-0.05, 0) is 37.1 Å². The Morgan fingerprint density at radius 3 is 2.95 bits per heavy atom. The fraction of sp³-hybridized carbons (Fsp3) is 0.267. The predicted molar refractivity (Wildman–Crippen MR) is 84.6 cm³/mol. The van der Waals surface area contributed by atoms with E-state index in [1.165, 1.54) is 16.9 Å². The summed E-state index contributed by atoms with van der Waals surface area (Å²) in [6.07, 6.45) is 4.09. The van der Waals surface area contributed by atoms with Gasteiger partial charge in [0.15, 0.2) is 5.13 Å². The Kier molecular flexibility index (Phi) is 3.70. The number of carbonyl (C=O) groups is 1. The summed E-state index contributed by atoms with van der Waals surface area (Å²) in [6.45, 7) is 4.60. The van der Waals surface area contributed by atoms with E-state index in [4.69, 9.17) is 0 Å². The first kappa shape index (κ1) is 13.8. The van der Waals surface area contributed by atoms with Crippen molar-refractivity contribution in [3.8, 4) is 0 Å². The van der Waals surface area contributed by atoms with Crippen LogP contribution in [-0.2, 0) is 11.3 Å². The summed E-state index contributed by atoms with van der Waals surface area (Å²) in [4.78, 5) is 16.4. The van der Waals surface area contributed by atoms with Crippen LogP contribution < -0.4 is 5.32 Å². The molecule has 108 valence electrons. The van der Waals surface area contributed by atoms with Crippen molar-refractivity contribution < 1.29 is 4.79 Å². The van der Waals surface area contributed by atoms with Crippen LogP contribution in [-0.4, -0.2) is 20.7 Å². The van der Waals surface area contributed by atoms with Gasteiger partial charge in [-0.25, -0.2) is 4.98 Å². The number of nitrogens with zero attached hydrogens (tertiary/aromatic N) is 3. The molecule has 21 heavy (non-hydrogen) atoms. The van der Waals surface area contributed by atoms with Crippen LogP contribution in [0, 0.1) is 13.8 Å². The molecule has 3 aromatic rings. The number of benzene rings is 1. The molecule has 5 nitrogen and oxygen atoms in total. The number of fused-ring (bicyclic) bond motifs is 1. The zero-order valence-electron chi connectivity index (χ0n) is 12.0. The first-order valence-corrected chi connectivity index (χ1v) is 7.58.